The largest absolute Gasteiger partial charge is 0.507 e. The molecule has 3 atom stereocenters. The zero-order valence-corrected chi connectivity index (χ0v) is 29.2. The lowest BCUT2D eigenvalue weighted by atomic mass is 9.84. The number of Topliss-reactive ketones (excluding diaryl/α,β-unsaturated/α-hetero) is 1. The summed E-state index contributed by atoms with van der Waals surface area (Å²) in [5, 5.41) is 29.8. The van der Waals surface area contributed by atoms with Gasteiger partial charge in [-0.15, -0.1) is 0 Å². The number of fused-ring (bicyclic) bond motifs is 2. The van der Waals surface area contributed by atoms with Crippen LogP contribution in [0.1, 0.15) is 90.4 Å². The van der Waals surface area contributed by atoms with E-state index in [1.807, 2.05) is 30.5 Å². The number of cyclic esters (lactones) is 1. The van der Waals surface area contributed by atoms with Gasteiger partial charge in [0, 0.05) is 61.3 Å². The van der Waals surface area contributed by atoms with Crippen molar-refractivity contribution >= 4 is 40.5 Å². The van der Waals surface area contributed by atoms with Gasteiger partial charge in [0.15, 0.2) is 0 Å². The summed E-state index contributed by atoms with van der Waals surface area (Å²) in [5.74, 6) is -2.77. The van der Waals surface area contributed by atoms with Gasteiger partial charge in [0.05, 0.1) is 13.2 Å². The summed E-state index contributed by atoms with van der Waals surface area (Å²) in [5.41, 5.74) is 2.37. The Morgan fingerprint density at radius 2 is 1.80 bits per heavy atom. The van der Waals surface area contributed by atoms with E-state index in [0.717, 1.165) is 16.5 Å². The van der Waals surface area contributed by atoms with Crippen LogP contribution in [0.5, 0.6) is 17.2 Å². The van der Waals surface area contributed by atoms with Crippen LogP contribution in [0.25, 0.3) is 17.0 Å². The molecule has 0 aliphatic carbocycles. The Kier molecular flexibility index (Phi) is 12.2. The summed E-state index contributed by atoms with van der Waals surface area (Å²) in [7, 11) is 3.02. The number of amides is 2. The standard InChI is InChI=1S/C40H45N3O8/c1-24-10-9-13-28(44)12-6-4-5-11-26-21-34(45)37(38(47)36(26)40(49)51-24)31(25-16-18-29(50-3)19-17-25)22-35(46)43-33(39(48)41-2)20-27-23-42-32-15-8-7-14-30(27)32/h5,7-8,11,14-19,21,23-24,31,33,42,45,47H,4,6,9-10,12-13,20,22H2,1-3H3,(H,41,48)(H,43,46)/b11-5+/t24-,31?,33+/m0/s1. The number of carbonyl (C=O) groups is 4. The monoisotopic (exact) mass is 695 g/mol. The summed E-state index contributed by atoms with van der Waals surface area (Å²) >= 11 is 0. The highest BCUT2D eigenvalue weighted by molar-refractivity contribution is 5.98. The van der Waals surface area contributed by atoms with Gasteiger partial charge in [-0.2, -0.15) is 0 Å². The average Bonchev–Trinajstić information content (AvgIpc) is 3.52. The second-order valence-electron chi connectivity index (χ2n) is 12.9. The van der Waals surface area contributed by atoms with Crippen LogP contribution in [-0.4, -0.2) is 65.1 Å². The normalized spacial score (nSPS) is 17.4. The fraction of sp³-hybridized carbons (Fsp3) is 0.350. The maximum Gasteiger partial charge on any atom is 0.342 e. The summed E-state index contributed by atoms with van der Waals surface area (Å²) in [4.78, 5) is 56.0. The Balaban J connectivity index is 1.52. The molecule has 0 bridgehead atoms. The Morgan fingerprint density at radius 1 is 1.06 bits per heavy atom. The number of benzene rings is 3. The number of phenolic OH excluding ortho intramolecular Hbond substituents is 2. The number of H-pyrrole nitrogens is 1. The quantitative estimate of drug-likeness (QED) is 0.132. The first-order valence-corrected chi connectivity index (χ1v) is 17.3. The van der Waals surface area contributed by atoms with Crippen molar-refractivity contribution < 1.29 is 38.9 Å². The van der Waals surface area contributed by atoms with Gasteiger partial charge in [0.25, 0.3) is 0 Å². The molecule has 4 aromatic rings. The topological polar surface area (TPSA) is 167 Å². The number of esters is 1. The van der Waals surface area contributed by atoms with Gasteiger partial charge in [0.1, 0.15) is 34.6 Å². The third kappa shape index (κ3) is 8.97. The molecule has 0 saturated heterocycles. The Bertz CT molecular complexity index is 1910. The fourth-order valence-corrected chi connectivity index (χ4v) is 6.58. The molecule has 1 aromatic heterocycles. The minimum Gasteiger partial charge on any atom is -0.507 e. The highest BCUT2D eigenvalue weighted by Gasteiger charge is 2.32. The lowest BCUT2D eigenvalue weighted by Gasteiger charge is -2.24. The highest BCUT2D eigenvalue weighted by atomic mass is 16.5. The van der Waals surface area contributed by atoms with Gasteiger partial charge in [0.2, 0.25) is 11.8 Å². The van der Waals surface area contributed by atoms with E-state index >= 15 is 0 Å². The molecule has 1 aliphatic heterocycles. The molecule has 0 saturated carbocycles. The molecule has 2 amide bonds. The summed E-state index contributed by atoms with van der Waals surface area (Å²) in [6, 6.07) is 14.9. The number of phenols is 2. The molecular formula is C40H45N3O8. The lowest BCUT2D eigenvalue weighted by molar-refractivity contribution is -0.128. The average molecular weight is 696 g/mol. The van der Waals surface area contributed by atoms with Crippen LogP contribution < -0.4 is 15.4 Å². The molecule has 3 aromatic carbocycles. The summed E-state index contributed by atoms with van der Waals surface area (Å²) in [6.07, 6.45) is 7.66. The van der Waals surface area contributed by atoms with Crippen molar-refractivity contribution in [3.8, 4) is 17.2 Å². The highest BCUT2D eigenvalue weighted by Crippen LogP contribution is 2.44. The third-order valence-electron chi connectivity index (χ3n) is 9.30. The number of para-hydroxylation sites is 1. The number of hydrogen-bond acceptors (Lipinski definition) is 8. The van der Waals surface area contributed by atoms with Crippen LogP contribution in [-0.2, 0) is 25.5 Å². The van der Waals surface area contributed by atoms with Gasteiger partial charge in [-0.3, -0.25) is 14.4 Å². The van der Waals surface area contributed by atoms with E-state index in [2.05, 4.69) is 15.6 Å². The van der Waals surface area contributed by atoms with Crippen molar-refractivity contribution in [3.05, 3.63) is 94.7 Å². The molecule has 0 fully saturated rings. The SMILES string of the molecule is CNC(=O)[C@@H](Cc1c[nH]c2ccccc12)NC(=O)CC(c1ccc(OC)cc1)c1c(O)cc2c(c1O)C(=O)O[C@@H](C)CCCC(=O)CCC/C=C/2. The molecule has 268 valence electrons. The molecule has 0 spiro atoms. The van der Waals surface area contributed by atoms with Crippen molar-refractivity contribution in [1.82, 2.24) is 15.6 Å². The number of hydrogen-bond donors (Lipinski definition) is 5. The first-order valence-electron chi connectivity index (χ1n) is 17.3. The lowest BCUT2D eigenvalue weighted by Crippen LogP contribution is -2.47. The molecular weight excluding hydrogens is 650 g/mol. The number of nitrogens with one attached hydrogen (secondary N) is 3. The minimum absolute atomic E-state index is 0.0353. The van der Waals surface area contributed by atoms with Crippen molar-refractivity contribution in [2.24, 2.45) is 0 Å². The van der Waals surface area contributed by atoms with E-state index in [9.17, 15) is 29.4 Å². The number of methoxy groups -OCH3 is 1. The van der Waals surface area contributed by atoms with Crippen LogP contribution >= 0.6 is 0 Å². The fourth-order valence-electron chi connectivity index (χ4n) is 6.58. The predicted octanol–water partition coefficient (Wildman–Crippen LogP) is 6.07. The first-order chi connectivity index (χ1) is 24.6. The number of aromatic hydroxyl groups is 2. The van der Waals surface area contributed by atoms with Gasteiger partial charge in [-0.25, -0.2) is 4.79 Å². The Morgan fingerprint density at radius 3 is 2.55 bits per heavy atom. The number of rotatable bonds is 9. The molecule has 1 unspecified atom stereocenters. The van der Waals surface area contributed by atoms with Crippen LogP contribution in [0.3, 0.4) is 0 Å². The number of aromatic amines is 1. The van der Waals surface area contributed by atoms with Crippen molar-refractivity contribution in [2.45, 2.75) is 76.4 Å². The molecule has 5 N–H and O–H groups in total. The molecule has 0 radical (unpaired) electrons. The van der Waals surface area contributed by atoms with Crippen molar-refractivity contribution in [3.63, 3.8) is 0 Å². The van der Waals surface area contributed by atoms with Crippen molar-refractivity contribution in [1.29, 1.82) is 0 Å². The van der Waals surface area contributed by atoms with Gasteiger partial charge in [-0.05, 0) is 73.6 Å². The molecule has 2 heterocycles. The summed E-state index contributed by atoms with van der Waals surface area (Å²) in [6.45, 7) is 1.73. The number of ether oxygens (including phenoxy) is 2. The minimum atomic E-state index is -0.951. The maximum absolute atomic E-state index is 13.9. The second-order valence-corrected chi connectivity index (χ2v) is 12.9. The van der Waals surface area contributed by atoms with Gasteiger partial charge < -0.3 is 35.3 Å². The summed E-state index contributed by atoms with van der Waals surface area (Å²) < 4.78 is 11.1. The first kappa shape index (κ1) is 36.7. The number of aromatic nitrogens is 1. The van der Waals surface area contributed by atoms with E-state index in [-0.39, 0.29) is 47.0 Å². The van der Waals surface area contributed by atoms with Crippen molar-refractivity contribution in [2.75, 3.05) is 14.2 Å². The van der Waals surface area contributed by atoms with E-state index < -0.39 is 35.7 Å². The number of ketones is 1. The van der Waals surface area contributed by atoms with Gasteiger partial charge in [-0.1, -0.05) is 42.5 Å². The van der Waals surface area contributed by atoms with Crippen LogP contribution in [0.4, 0.5) is 0 Å². The third-order valence-corrected chi connectivity index (χ3v) is 9.30. The number of allylic oxidation sites excluding steroid dienone is 1. The molecule has 51 heavy (non-hydrogen) atoms. The zero-order valence-electron chi connectivity index (χ0n) is 29.2. The Labute approximate surface area is 297 Å². The van der Waals surface area contributed by atoms with E-state index in [0.29, 0.717) is 49.8 Å². The molecule has 11 nitrogen and oxygen atoms in total. The second kappa shape index (κ2) is 16.9. The maximum atomic E-state index is 13.9. The zero-order chi connectivity index (χ0) is 36.5. The number of carbonyl (C=O) groups excluding carboxylic acids is 4. The Hall–Kier alpha value is -5.58. The van der Waals surface area contributed by atoms with Crippen LogP contribution in [0, 0.1) is 0 Å². The van der Waals surface area contributed by atoms with E-state index in [4.69, 9.17) is 9.47 Å². The van der Waals surface area contributed by atoms with Crippen LogP contribution in [0.15, 0.2) is 66.9 Å². The molecule has 5 rings (SSSR count). The van der Waals surface area contributed by atoms with Gasteiger partial charge >= 0.3 is 5.97 Å². The molecule has 11 heteroatoms. The predicted molar refractivity (Wildman–Crippen MR) is 194 cm³/mol. The number of likely N-dealkylation sites (N-methyl/N-ethyl adjacent to an activating group) is 1. The molecule has 1 aliphatic rings. The van der Waals surface area contributed by atoms with Crippen LogP contribution in [0.2, 0.25) is 0 Å². The van der Waals surface area contributed by atoms with E-state index in [1.54, 1.807) is 43.3 Å². The van der Waals surface area contributed by atoms with E-state index in [1.165, 1.54) is 20.2 Å². The smallest absolute Gasteiger partial charge is 0.342 e.